The molecule has 1 amide bonds. The zero-order valence-corrected chi connectivity index (χ0v) is 18.8. The van der Waals surface area contributed by atoms with Crippen LogP contribution in [0.5, 0.6) is 0 Å². The van der Waals surface area contributed by atoms with Crippen LogP contribution in [-0.2, 0) is 18.9 Å². The van der Waals surface area contributed by atoms with E-state index in [4.69, 9.17) is 24.7 Å². The summed E-state index contributed by atoms with van der Waals surface area (Å²) < 4.78 is 24.0. The summed E-state index contributed by atoms with van der Waals surface area (Å²) in [5, 5.41) is 3.04. The highest BCUT2D eigenvalue weighted by Gasteiger charge is 2.72. The van der Waals surface area contributed by atoms with E-state index in [9.17, 15) is 4.79 Å². The van der Waals surface area contributed by atoms with Crippen LogP contribution in [0.15, 0.2) is 11.6 Å². The Bertz CT molecular complexity index is 667. The quantitative estimate of drug-likeness (QED) is 0.504. The summed E-state index contributed by atoms with van der Waals surface area (Å²) in [4.78, 5) is 12.6. The summed E-state index contributed by atoms with van der Waals surface area (Å²) in [5.74, 6) is 0.0461. The standard InChI is InChI=1S/C23H38N2O5/c1-14(2)5-10-18-22(3,30-18)20-19(27-4)17(11-12-23(20)13-28-23)29-21(26)25-16-8-6-15(24)7-9-16/h5,15-20H,6-13,24H2,1-4H3,(H,25,26). The molecule has 0 aromatic rings. The average Bonchev–Trinajstić information content (AvgIpc) is 3.61. The van der Waals surface area contributed by atoms with Crippen molar-refractivity contribution >= 4 is 6.09 Å². The van der Waals surface area contributed by atoms with Gasteiger partial charge in [-0.05, 0) is 65.7 Å². The maximum absolute atomic E-state index is 12.6. The van der Waals surface area contributed by atoms with Gasteiger partial charge in [-0.25, -0.2) is 4.79 Å². The van der Waals surface area contributed by atoms with Crippen LogP contribution in [0.4, 0.5) is 4.79 Å². The van der Waals surface area contributed by atoms with Crippen LogP contribution in [0.25, 0.3) is 0 Å². The van der Waals surface area contributed by atoms with E-state index in [1.807, 2.05) is 0 Å². The molecule has 0 aromatic heterocycles. The lowest BCUT2D eigenvalue weighted by molar-refractivity contribution is -0.118. The zero-order chi connectivity index (χ0) is 21.5. The van der Waals surface area contributed by atoms with Crippen LogP contribution >= 0.6 is 0 Å². The van der Waals surface area contributed by atoms with Crippen molar-refractivity contribution in [1.82, 2.24) is 5.32 Å². The molecule has 6 atom stereocenters. The number of hydrogen-bond acceptors (Lipinski definition) is 6. The fraction of sp³-hybridized carbons (Fsp3) is 0.870. The van der Waals surface area contributed by atoms with Gasteiger partial charge >= 0.3 is 6.09 Å². The summed E-state index contributed by atoms with van der Waals surface area (Å²) in [5.41, 5.74) is 6.74. The predicted octanol–water partition coefficient (Wildman–Crippen LogP) is 3.06. The molecule has 2 saturated heterocycles. The van der Waals surface area contributed by atoms with E-state index < -0.39 is 0 Å². The Morgan fingerprint density at radius 2 is 1.93 bits per heavy atom. The highest BCUT2D eigenvalue weighted by atomic mass is 16.6. The van der Waals surface area contributed by atoms with Crippen molar-refractivity contribution in [1.29, 1.82) is 0 Å². The maximum atomic E-state index is 12.6. The molecule has 4 aliphatic rings. The van der Waals surface area contributed by atoms with Gasteiger partial charge in [0.2, 0.25) is 0 Å². The number of allylic oxidation sites excluding steroid dienone is 1. The highest BCUT2D eigenvalue weighted by molar-refractivity contribution is 5.68. The van der Waals surface area contributed by atoms with Gasteiger partial charge in [0.25, 0.3) is 0 Å². The highest BCUT2D eigenvalue weighted by Crippen LogP contribution is 2.59. The third-order valence-corrected chi connectivity index (χ3v) is 7.59. The van der Waals surface area contributed by atoms with E-state index in [-0.39, 0.29) is 53.6 Å². The molecule has 4 fully saturated rings. The Morgan fingerprint density at radius 3 is 2.53 bits per heavy atom. The van der Waals surface area contributed by atoms with Crippen molar-refractivity contribution in [2.45, 2.75) is 107 Å². The molecular weight excluding hydrogens is 384 g/mol. The Hall–Kier alpha value is -1.15. The van der Waals surface area contributed by atoms with Crippen LogP contribution < -0.4 is 11.1 Å². The average molecular weight is 423 g/mol. The molecule has 2 aliphatic heterocycles. The minimum Gasteiger partial charge on any atom is -0.443 e. The number of nitrogens with two attached hydrogens (primary N) is 1. The van der Waals surface area contributed by atoms with Crippen molar-refractivity contribution in [2.24, 2.45) is 11.7 Å². The van der Waals surface area contributed by atoms with Gasteiger partial charge in [0.05, 0.1) is 18.6 Å². The van der Waals surface area contributed by atoms with Gasteiger partial charge in [0.1, 0.15) is 23.4 Å². The predicted molar refractivity (Wildman–Crippen MR) is 113 cm³/mol. The molecule has 1 spiro atoms. The van der Waals surface area contributed by atoms with Crippen molar-refractivity contribution in [3.05, 3.63) is 11.6 Å². The molecular formula is C23H38N2O5. The van der Waals surface area contributed by atoms with Crippen LogP contribution in [0.3, 0.4) is 0 Å². The minimum atomic E-state index is -0.350. The fourth-order valence-electron chi connectivity index (χ4n) is 5.67. The molecule has 2 aliphatic carbocycles. The topological polar surface area (TPSA) is 98.6 Å². The number of nitrogens with one attached hydrogen (secondary N) is 1. The number of methoxy groups -OCH3 is 1. The first kappa shape index (κ1) is 22.1. The number of hydrogen-bond donors (Lipinski definition) is 2. The molecule has 7 heteroatoms. The van der Waals surface area contributed by atoms with Crippen LogP contribution in [0.2, 0.25) is 0 Å². The largest absolute Gasteiger partial charge is 0.443 e. The lowest BCUT2D eigenvalue weighted by atomic mass is 9.68. The number of alkyl carbamates (subject to hydrolysis) is 1. The van der Waals surface area contributed by atoms with E-state index in [1.165, 1.54) is 5.57 Å². The molecule has 0 radical (unpaired) electrons. The zero-order valence-electron chi connectivity index (χ0n) is 18.8. The normalized spacial score (nSPS) is 45.0. The molecule has 0 aromatic carbocycles. The summed E-state index contributed by atoms with van der Waals surface area (Å²) in [6.45, 7) is 7.09. The van der Waals surface area contributed by atoms with E-state index >= 15 is 0 Å². The second-order valence-corrected chi connectivity index (χ2v) is 10.1. The fourth-order valence-corrected chi connectivity index (χ4v) is 5.67. The first-order valence-electron chi connectivity index (χ1n) is 11.5. The molecule has 7 nitrogen and oxygen atoms in total. The molecule has 170 valence electrons. The van der Waals surface area contributed by atoms with Crippen LogP contribution in [-0.4, -0.2) is 61.4 Å². The van der Waals surface area contributed by atoms with Crippen molar-refractivity contribution in [3.63, 3.8) is 0 Å². The lowest BCUT2D eigenvalue weighted by Crippen LogP contribution is -2.56. The Labute approximate surface area is 180 Å². The number of carbonyl (C=O) groups excluding carboxylic acids is 1. The number of rotatable bonds is 6. The SMILES string of the molecule is COC1C(OC(=O)NC2CCC(N)CC2)CCC2(CO2)C1C1(C)OC1CC=C(C)C. The number of ether oxygens (including phenoxy) is 4. The van der Waals surface area contributed by atoms with Crippen molar-refractivity contribution < 1.29 is 23.7 Å². The monoisotopic (exact) mass is 422 g/mol. The van der Waals surface area contributed by atoms with Gasteiger partial charge in [-0.3, -0.25) is 0 Å². The van der Waals surface area contributed by atoms with E-state index in [0.717, 1.165) is 51.6 Å². The minimum absolute atomic E-state index is 0.0461. The van der Waals surface area contributed by atoms with E-state index in [0.29, 0.717) is 0 Å². The van der Waals surface area contributed by atoms with Gasteiger partial charge in [-0.2, -0.15) is 0 Å². The third kappa shape index (κ3) is 4.40. The Morgan fingerprint density at radius 1 is 1.23 bits per heavy atom. The maximum Gasteiger partial charge on any atom is 0.407 e. The summed E-state index contributed by atoms with van der Waals surface area (Å²) in [7, 11) is 1.70. The lowest BCUT2D eigenvalue weighted by Gasteiger charge is -2.42. The smallest absolute Gasteiger partial charge is 0.407 e. The summed E-state index contributed by atoms with van der Waals surface area (Å²) >= 11 is 0. The molecule has 2 heterocycles. The Kier molecular flexibility index (Phi) is 6.19. The van der Waals surface area contributed by atoms with Crippen molar-refractivity contribution in [2.75, 3.05) is 13.7 Å². The van der Waals surface area contributed by atoms with Crippen LogP contribution in [0.1, 0.15) is 65.7 Å². The summed E-state index contributed by atoms with van der Waals surface area (Å²) in [6.07, 6.45) is 7.68. The molecule has 6 unspecified atom stereocenters. The van der Waals surface area contributed by atoms with E-state index in [2.05, 4.69) is 32.2 Å². The first-order valence-corrected chi connectivity index (χ1v) is 11.5. The third-order valence-electron chi connectivity index (χ3n) is 7.59. The molecule has 0 bridgehead atoms. The van der Waals surface area contributed by atoms with Gasteiger partial charge in [-0.1, -0.05) is 11.6 Å². The number of amides is 1. The molecule has 3 N–H and O–H groups in total. The van der Waals surface area contributed by atoms with Crippen molar-refractivity contribution in [3.8, 4) is 0 Å². The van der Waals surface area contributed by atoms with E-state index in [1.54, 1.807) is 7.11 Å². The second-order valence-electron chi connectivity index (χ2n) is 10.1. The van der Waals surface area contributed by atoms with Gasteiger partial charge in [0.15, 0.2) is 0 Å². The second kappa shape index (κ2) is 8.41. The molecule has 2 saturated carbocycles. The Balaban J connectivity index is 1.40. The number of epoxide rings is 2. The van der Waals surface area contributed by atoms with Gasteiger partial charge in [0, 0.05) is 19.2 Å². The summed E-state index contributed by atoms with van der Waals surface area (Å²) in [6, 6.07) is 0.401. The van der Waals surface area contributed by atoms with Crippen LogP contribution in [0, 0.1) is 5.92 Å². The molecule has 4 rings (SSSR count). The first-order chi connectivity index (χ1) is 14.3. The molecule has 30 heavy (non-hydrogen) atoms. The van der Waals surface area contributed by atoms with Gasteiger partial charge < -0.3 is 30.0 Å². The van der Waals surface area contributed by atoms with Gasteiger partial charge in [-0.15, -0.1) is 0 Å². The number of carbonyl (C=O) groups is 1.